The topological polar surface area (TPSA) is 58.6 Å². The molecule has 1 aliphatic carbocycles. The van der Waals surface area contributed by atoms with Crippen LogP contribution in [0.3, 0.4) is 0 Å². The van der Waals surface area contributed by atoms with E-state index in [4.69, 9.17) is 4.74 Å². The van der Waals surface area contributed by atoms with E-state index in [9.17, 15) is 8.42 Å². The minimum Gasteiger partial charge on any atom is -0.381 e. The molecule has 1 unspecified atom stereocenters. The van der Waals surface area contributed by atoms with Gasteiger partial charge in [0.1, 0.15) is 0 Å². The zero-order chi connectivity index (χ0) is 15.6. The Morgan fingerprint density at radius 1 is 1.32 bits per heavy atom. The Kier molecular flexibility index (Phi) is 4.70. The Morgan fingerprint density at radius 3 is 2.82 bits per heavy atom. The van der Waals surface area contributed by atoms with Crippen molar-refractivity contribution in [3.8, 4) is 0 Å². The highest BCUT2D eigenvalue weighted by atomic mass is 32.2. The first-order valence-electron chi connectivity index (χ1n) is 8.01. The number of rotatable bonds is 6. The highest BCUT2D eigenvalue weighted by molar-refractivity contribution is 7.91. The Morgan fingerprint density at radius 2 is 2.09 bits per heavy atom. The molecule has 122 valence electrons. The SMILES string of the molecule is CCS(=O)(=O)c1ccccc1NCC1CN(C2CC2)CCO1. The Balaban J connectivity index is 1.64. The molecule has 1 aromatic carbocycles. The van der Waals surface area contributed by atoms with Crippen molar-refractivity contribution in [2.45, 2.75) is 36.8 Å². The number of sulfone groups is 1. The van der Waals surface area contributed by atoms with E-state index in [2.05, 4.69) is 10.2 Å². The van der Waals surface area contributed by atoms with E-state index < -0.39 is 9.84 Å². The predicted molar refractivity (Wildman–Crippen MR) is 87.0 cm³/mol. The largest absolute Gasteiger partial charge is 0.381 e. The van der Waals surface area contributed by atoms with Crippen molar-refractivity contribution < 1.29 is 13.2 Å². The number of hydrogen-bond acceptors (Lipinski definition) is 5. The normalized spacial score (nSPS) is 23.4. The van der Waals surface area contributed by atoms with E-state index in [1.165, 1.54) is 12.8 Å². The van der Waals surface area contributed by atoms with Crippen LogP contribution in [0.15, 0.2) is 29.2 Å². The van der Waals surface area contributed by atoms with Crippen LogP contribution >= 0.6 is 0 Å². The van der Waals surface area contributed by atoms with Crippen molar-refractivity contribution in [3.05, 3.63) is 24.3 Å². The van der Waals surface area contributed by atoms with Crippen LogP contribution in [0.25, 0.3) is 0 Å². The summed E-state index contributed by atoms with van der Waals surface area (Å²) in [7, 11) is -3.21. The molecule has 0 bridgehead atoms. The molecule has 1 saturated heterocycles. The van der Waals surface area contributed by atoms with Gasteiger partial charge in [-0.25, -0.2) is 8.42 Å². The average molecular weight is 324 g/mol. The number of para-hydroxylation sites is 1. The van der Waals surface area contributed by atoms with Gasteiger partial charge >= 0.3 is 0 Å². The molecule has 2 fully saturated rings. The molecule has 5 nitrogen and oxygen atoms in total. The van der Waals surface area contributed by atoms with E-state index >= 15 is 0 Å². The monoisotopic (exact) mass is 324 g/mol. The van der Waals surface area contributed by atoms with Crippen molar-refractivity contribution in [1.29, 1.82) is 0 Å². The second kappa shape index (κ2) is 6.56. The zero-order valence-corrected chi connectivity index (χ0v) is 13.8. The fraction of sp³-hybridized carbons (Fsp3) is 0.625. The molecule has 2 aliphatic rings. The van der Waals surface area contributed by atoms with Gasteiger partial charge in [-0.15, -0.1) is 0 Å². The second-order valence-electron chi connectivity index (χ2n) is 6.00. The third kappa shape index (κ3) is 3.62. The van der Waals surface area contributed by atoms with Gasteiger partial charge in [0, 0.05) is 25.7 Å². The lowest BCUT2D eigenvalue weighted by molar-refractivity contribution is -0.0241. The summed E-state index contributed by atoms with van der Waals surface area (Å²) >= 11 is 0. The van der Waals surface area contributed by atoms with Crippen LogP contribution in [0.5, 0.6) is 0 Å². The quantitative estimate of drug-likeness (QED) is 0.864. The average Bonchev–Trinajstić information content (AvgIpc) is 3.38. The first kappa shape index (κ1) is 15.8. The molecule has 0 radical (unpaired) electrons. The molecule has 3 rings (SSSR count). The summed E-state index contributed by atoms with van der Waals surface area (Å²) in [6.07, 6.45) is 2.72. The van der Waals surface area contributed by atoms with Crippen LogP contribution in [0.2, 0.25) is 0 Å². The minimum absolute atomic E-state index is 0.112. The predicted octanol–water partition coefficient (Wildman–Crippen LogP) is 1.76. The van der Waals surface area contributed by atoms with Gasteiger partial charge in [0.2, 0.25) is 0 Å². The van der Waals surface area contributed by atoms with E-state index in [0.29, 0.717) is 17.1 Å². The van der Waals surface area contributed by atoms with Gasteiger partial charge in [-0.1, -0.05) is 19.1 Å². The maximum absolute atomic E-state index is 12.1. The highest BCUT2D eigenvalue weighted by Crippen LogP contribution is 2.28. The molecule has 0 spiro atoms. The molecule has 6 heteroatoms. The fourth-order valence-electron chi connectivity index (χ4n) is 2.90. The van der Waals surface area contributed by atoms with E-state index in [-0.39, 0.29) is 11.9 Å². The summed E-state index contributed by atoms with van der Waals surface area (Å²) in [5.41, 5.74) is 0.677. The lowest BCUT2D eigenvalue weighted by atomic mass is 10.2. The number of ether oxygens (including phenoxy) is 1. The third-order valence-electron chi connectivity index (χ3n) is 4.36. The smallest absolute Gasteiger partial charge is 0.180 e. The summed E-state index contributed by atoms with van der Waals surface area (Å²) in [5, 5.41) is 3.27. The zero-order valence-electron chi connectivity index (χ0n) is 13.0. The van der Waals surface area contributed by atoms with Crippen LogP contribution in [0, 0.1) is 0 Å². The maximum atomic E-state index is 12.1. The summed E-state index contributed by atoms with van der Waals surface area (Å²) in [6, 6.07) is 7.86. The van der Waals surface area contributed by atoms with Crippen molar-refractivity contribution in [3.63, 3.8) is 0 Å². The molecular weight excluding hydrogens is 300 g/mol. The molecule has 1 atom stereocenters. The second-order valence-corrected chi connectivity index (χ2v) is 8.25. The van der Waals surface area contributed by atoms with Crippen LogP contribution in [0.1, 0.15) is 19.8 Å². The van der Waals surface area contributed by atoms with Crippen LogP contribution in [-0.4, -0.2) is 57.5 Å². The molecule has 22 heavy (non-hydrogen) atoms. The van der Waals surface area contributed by atoms with Crippen LogP contribution in [0.4, 0.5) is 5.69 Å². The van der Waals surface area contributed by atoms with Crippen molar-refractivity contribution >= 4 is 15.5 Å². The van der Waals surface area contributed by atoms with Gasteiger partial charge in [0.15, 0.2) is 9.84 Å². The van der Waals surface area contributed by atoms with Gasteiger partial charge < -0.3 is 10.1 Å². The maximum Gasteiger partial charge on any atom is 0.180 e. The lowest BCUT2D eigenvalue weighted by Crippen LogP contribution is -2.46. The molecular formula is C16H24N2O3S. The van der Waals surface area contributed by atoms with Gasteiger partial charge in [-0.3, -0.25) is 4.90 Å². The van der Waals surface area contributed by atoms with Crippen LogP contribution in [-0.2, 0) is 14.6 Å². The summed E-state index contributed by atoms with van der Waals surface area (Å²) in [5.74, 6) is 0.112. The Labute approximate surface area is 132 Å². The van der Waals surface area contributed by atoms with Crippen LogP contribution < -0.4 is 5.32 Å². The number of nitrogens with zero attached hydrogens (tertiary/aromatic N) is 1. The first-order chi connectivity index (χ1) is 10.6. The van der Waals surface area contributed by atoms with Gasteiger partial charge in [0.05, 0.1) is 29.0 Å². The first-order valence-corrected chi connectivity index (χ1v) is 9.66. The van der Waals surface area contributed by atoms with Crippen molar-refractivity contribution in [1.82, 2.24) is 4.90 Å². The van der Waals surface area contributed by atoms with E-state index in [0.717, 1.165) is 25.7 Å². The summed E-state index contributed by atoms with van der Waals surface area (Å²) < 4.78 is 30.1. The molecule has 0 aromatic heterocycles. The van der Waals surface area contributed by atoms with E-state index in [1.807, 2.05) is 12.1 Å². The third-order valence-corrected chi connectivity index (χ3v) is 6.14. The fourth-order valence-corrected chi connectivity index (χ4v) is 3.97. The van der Waals surface area contributed by atoms with E-state index in [1.54, 1.807) is 19.1 Å². The summed E-state index contributed by atoms with van der Waals surface area (Å²) in [4.78, 5) is 2.87. The number of morpholine rings is 1. The lowest BCUT2D eigenvalue weighted by Gasteiger charge is -2.33. The number of benzene rings is 1. The van der Waals surface area contributed by atoms with Gasteiger partial charge in [-0.05, 0) is 25.0 Å². The molecule has 1 heterocycles. The number of hydrogen-bond donors (Lipinski definition) is 1. The molecule has 0 amide bonds. The molecule has 1 aliphatic heterocycles. The Bertz CT molecular complexity index is 614. The minimum atomic E-state index is -3.21. The van der Waals surface area contributed by atoms with Gasteiger partial charge in [0.25, 0.3) is 0 Å². The summed E-state index contributed by atoms with van der Waals surface area (Å²) in [6.45, 7) is 5.02. The standard InChI is InChI=1S/C16H24N2O3S/c1-2-22(19,20)16-6-4-3-5-15(16)17-11-14-12-18(9-10-21-14)13-7-8-13/h3-6,13-14,17H,2,7-12H2,1H3. The highest BCUT2D eigenvalue weighted by Gasteiger charge is 2.32. The van der Waals surface area contributed by atoms with Crippen molar-refractivity contribution in [2.24, 2.45) is 0 Å². The number of anilines is 1. The Hall–Kier alpha value is -1.11. The molecule has 1 saturated carbocycles. The molecule has 1 aromatic rings. The molecule has 1 N–H and O–H groups in total. The van der Waals surface area contributed by atoms with Crippen molar-refractivity contribution in [2.75, 3.05) is 37.3 Å². The number of nitrogens with one attached hydrogen (secondary N) is 1. The van der Waals surface area contributed by atoms with Gasteiger partial charge in [-0.2, -0.15) is 0 Å².